The first-order valence-corrected chi connectivity index (χ1v) is 4.83. The van der Waals surface area contributed by atoms with Gasteiger partial charge < -0.3 is 10.4 Å². The smallest absolute Gasteiger partial charge is 0.110 e. The summed E-state index contributed by atoms with van der Waals surface area (Å²) in [6.45, 7) is 0. The lowest BCUT2D eigenvalue weighted by molar-refractivity contribution is 0.986. The molecule has 1 aliphatic carbocycles. The Morgan fingerprint density at radius 2 is 2.29 bits per heavy atom. The van der Waals surface area contributed by atoms with Crippen molar-refractivity contribution in [2.45, 2.75) is 18.8 Å². The second-order valence-corrected chi connectivity index (χ2v) is 3.77. The van der Waals surface area contributed by atoms with Crippen molar-refractivity contribution in [3.63, 3.8) is 0 Å². The summed E-state index contributed by atoms with van der Waals surface area (Å²) in [6, 6.07) is 5.90. The largest absolute Gasteiger partial charge is 0.342 e. The van der Waals surface area contributed by atoms with E-state index in [4.69, 9.17) is 5.84 Å². The number of nitrogen functional groups attached to an aromatic ring is 1. The summed E-state index contributed by atoms with van der Waals surface area (Å²) in [5.41, 5.74) is 5.59. The molecule has 3 rings (SSSR count). The van der Waals surface area contributed by atoms with E-state index in [-0.39, 0.29) is 0 Å². The summed E-state index contributed by atoms with van der Waals surface area (Å²) in [5, 5.41) is 0. The van der Waals surface area contributed by atoms with Gasteiger partial charge in [0.1, 0.15) is 5.82 Å². The van der Waals surface area contributed by atoms with Gasteiger partial charge in [-0.25, -0.2) is 4.98 Å². The van der Waals surface area contributed by atoms with Gasteiger partial charge in [-0.2, -0.15) is 0 Å². The maximum Gasteiger partial charge on any atom is 0.110 e. The number of imidazole rings is 1. The zero-order valence-electron chi connectivity index (χ0n) is 7.75. The molecule has 1 saturated carbocycles. The molecule has 14 heavy (non-hydrogen) atoms. The van der Waals surface area contributed by atoms with Crippen molar-refractivity contribution in [1.82, 2.24) is 9.97 Å². The molecule has 4 nitrogen and oxygen atoms in total. The first-order valence-electron chi connectivity index (χ1n) is 4.83. The maximum absolute atomic E-state index is 5.33. The number of rotatable bonds is 2. The number of hydrazine groups is 1. The molecule has 0 atom stereocenters. The van der Waals surface area contributed by atoms with Crippen LogP contribution >= 0.6 is 0 Å². The highest BCUT2D eigenvalue weighted by molar-refractivity contribution is 5.79. The summed E-state index contributed by atoms with van der Waals surface area (Å²) in [6.07, 6.45) is 2.53. The van der Waals surface area contributed by atoms with E-state index < -0.39 is 0 Å². The zero-order chi connectivity index (χ0) is 9.54. The number of aromatic nitrogens is 2. The Morgan fingerprint density at radius 3 is 3.00 bits per heavy atom. The van der Waals surface area contributed by atoms with Crippen molar-refractivity contribution in [2.24, 2.45) is 5.84 Å². The van der Waals surface area contributed by atoms with Crippen LogP contribution < -0.4 is 11.3 Å². The van der Waals surface area contributed by atoms with Gasteiger partial charge in [0.25, 0.3) is 0 Å². The van der Waals surface area contributed by atoms with Crippen LogP contribution in [0.25, 0.3) is 11.0 Å². The number of nitrogens with zero attached hydrogens (tertiary/aromatic N) is 1. The molecule has 0 spiro atoms. The number of aromatic amines is 1. The van der Waals surface area contributed by atoms with Gasteiger partial charge in [-0.3, -0.25) is 5.84 Å². The highest BCUT2D eigenvalue weighted by Gasteiger charge is 2.26. The monoisotopic (exact) mass is 188 g/mol. The van der Waals surface area contributed by atoms with Crippen LogP contribution in [-0.2, 0) is 0 Å². The third kappa shape index (κ3) is 1.15. The molecular formula is C10H12N4. The summed E-state index contributed by atoms with van der Waals surface area (Å²) in [4.78, 5) is 7.86. The molecule has 2 aromatic rings. The lowest BCUT2D eigenvalue weighted by Crippen LogP contribution is -2.05. The Hall–Kier alpha value is -1.55. The van der Waals surface area contributed by atoms with E-state index in [9.17, 15) is 0 Å². The fourth-order valence-electron chi connectivity index (χ4n) is 1.67. The van der Waals surface area contributed by atoms with E-state index in [0.29, 0.717) is 5.92 Å². The predicted molar refractivity (Wildman–Crippen MR) is 55.9 cm³/mol. The van der Waals surface area contributed by atoms with Gasteiger partial charge in [-0.1, -0.05) is 0 Å². The van der Waals surface area contributed by atoms with E-state index in [1.54, 1.807) is 0 Å². The number of nitrogens with one attached hydrogen (secondary N) is 2. The van der Waals surface area contributed by atoms with Crippen molar-refractivity contribution in [1.29, 1.82) is 0 Å². The Balaban J connectivity index is 2.12. The Labute approximate surface area is 81.5 Å². The highest BCUT2D eigenvalue weighted by Crippen LogP contribution is 2.39. The Bertz CT molecular complexity index is 470. The van der Waals surface area contributed by atoms with Crippen LogP contribution in [0.3, 0.4) is 0 Å². The minimum Gasteiger partial charge on any atom is -0.342 e. The van der Waals surface area contributed by atoms with Crippen molar-refractivity contribution in [2.75, 3.05) is 5.43 Å². The molecule has 0 amide bonds. The second kappa shape index (κ2) is 2.72. The van der Waals surface area contributed by atoms with E-state index in [0.717, 1.165) is 22.5 Å². The quantitative estimate of drug-likeness (QED) is 0.496. The molecule has 4 N–H and O–H groups in total. The molecule has 1 heterocycles. The van der Waals surface area contributed by atoms with Gasteiger partial charge in [-0.15, -0.1) is 0 Å². The molecular weight excluding hydrogens is 176 g/mol. The van der Waals surface area contributed by atoms with Gasteiger partial charge in [-0.05, 0) is 31.0 Å². The summed E-state index contributed by atoms with van der Waals surface area (Å²) >= 11 is 0. The molecule has 0 unspecified atom stereocenters. The average Bonchev–Trinajstić information content (AvgIpc) is 2.97. The zero-order valence-corrected chi connectivity index (χ0v) is 7.75. The maximum atomic E-state index is 5.33. The molecule has 0 saturated heterocycles. The molecule has 72 valence electrons. The van der Waals surface area contributed by atoms with Crippen LogP contribution in [-0.4, -0.2) is 9.97 Å². The summed E-state index contributed by atoms with van der Waals surface area (Å²) in [7, 11) is 0. The van der Waals surface area contributed by atoms with E-state index in [2.05, 4.69) is 15.4 Å². The average molecular weight is 188 g/mol. The number of hydrogen-bond acceptors (Lipinski definition) is 3. The number of nitrogens with two attached hydrogens (primary N) is 1. The topological polar surface area (TPSA) is 66.7 Å². The molecule has 1 aromatic heterocycles. The van der Waals surface area contributed by atoms with Crippen molar-refractivity contribution in [3.8, 4) is 0 Å². The van der Waals surface area contributed by atoms with Crippen molar-refractivity contribution < 1.29 is 0 Å². The molecule has 0 radical (unpaired) electrons. The fraction of sp³-hybridized carbons (Fsp3) is 0.300. The van der Waals surface area contributed by atoms with Gasteiger partial charge >= 0.3 is 0 Å². The first-order chi connectivity index (χ1) is 6.86. The van der Waals surface area contributed by atoms with Gasteiger partial charge in [0.05, 0.1) is 16.7 Å². The Morgan fingerprint density at radius 1 is 1.43 bits per heavy atom. The minimum absolute atomic E-state index is 0.664. The van der Waals surface area contributed by atoms with Crippen LogP contribution in [0.1, 0.15) is 24.6 Å². The van der Waals surface area contributed by atoms with Crippen LogP contribution in [0.5, 0.6) is 0 Å². The van der Waals surface area contributed by atoms with E-state index in [1.807, 2.05) is 18.2 Å². The molecule has 0 aliphatic heterocycles. The SMILES string of the molecule is NNc1ccc2[nH]c(C3CC3)nc2c1. The predicted octanol–water partition coefficient (Wildman–Crippen LogP) is 1.73. The molecule has 1 aliphatic rings. The summed E-state index contributed by atoms with van der Waals surface area (Å²) < 4.78 is 0. The lowest BCUT2D eigenvalue weighted by Gasteiger charge is -1.96. The van der Waals surface area contributed by atoms with Gasteiger partial charge in [0.15, 0.2) is 0 Å². The van der Waals surface area contributed by atoms with Gasteiger partial charge in [0, 0.05) is 5.92 Å². The number of anilines is 1. The third-order valence-corrected chi connectivity index (χ3v) is 2.63. The third-order valence-electron chi connectivity index (χ3n) is 2.63. The van der Waals surface area contributed by atoms with E-state index in [1.165, 1.54) is 12.8 Å². The minimum atomic E-state index is 0.664. The van der Waals surface area contributed by atoms with Crippen LogP contribution in [0.4, 0.5) is 5.69 Å². The molecule has 1 fully saturated rings. The summed E-state index contributed by atoms with van der Waals surface area (Å²) in [5.74, 6) is 7.12. The number of H-pyrrole nitrogens is 1. The fourth-order valence-corrected chi connectivity index (χ4v) is 1.67. The first kappa shape index (κ1) is 7.82. The number of hydrogen-bond donors (Lipinski definition) is 3. The molecule has 4 heteroatoms. The normalized spacial score (nSPS) is 16.1. The number of benzene rings is 1. The van der Waals surface area contributed by atoms with Crippen LogP contribution in [0, 0.1) is 0 Å². The molecule has 1 aromatic carbocycles. The number of fused-ring (bicyclic) bond motifs is 1. The van der Waals surface area contributed by atoms with Crippen molar-refractivity contribution >= 4 is 16.7 Å². The lowest BCUT2D eigenvalue weighted by atomic mass is 10.3. The van der Waals surface area contributed by atoms with Crippen LogP contribution in [0.2, 0.25) is 0 Å². The highest BCUT2D eigenvalue weighted by atomic mass is 15.2. The van der Waals surface area contributed by atoms with E-state index >= 15 is 0 Å². The second-order valence-electron chi connectivity index (χ2n) is 3.77. The Kier molecular flexibility index (Phi) is 1.52. The van der Waals surface area contributed by atoms with Gasteiger partial charge in [0.2, 0.25) is 0 Å². The van der Waals surface area contributed by atoms with Crippen LogP contribution in [0.15, 0.2) is 18.2 Å². The van der Waals surface area contributed by atoms with Crippen molar-refractivity contribution in [3.05, 3.63) is 24.0 Å². The standard InChI is InChI=1S/C10H12N4/c11-14-7-3-4-8-9(5-7)13-10(12-8)6-1-2-6/h3-6,14H,1-2,11H2,(H,12,13). The molecule has 0 bridgehead atoms.